The van der Waals surface area contributed by atoms with Gasteiger partial charge in [0.15, 0.2) is 0 Å². The predicted octanol–water partition coefficient (Wildman–Crippen LogP) is -0.810. The first-order valence-electron chi connectivity index (χ1n) is 5.61. The molecule has 0 unspecified atom stereocenters. The Morgan fingerprint density at radius 1 is 1.28 bits per heavy atom. The van der Waals surface area contributed by atoms with Crippen LogP contribution < -0.4 is 15.8 Å². The van der Waals surface area contributed by atoms with Crippen molar-refractivity contribution in [2.75, 3.05) is 37.5 Å². The van der Waals surface area contributed by atoms with Gasteiger partial charge in [0, 0.05) is 0 Å². The van der Waals surface area contributed by atoms with Crippen molar-refractivity contribution in [1.82, 2.24) is 4.98 Å². The van der Waals surface area contributed by atoms with Crippen LogP contribution in [0.1, 0.15) is 6.92 Å². The van der Waals surface area contributed by atoms with Crippen LogP contribution in [0.5, 0.6) is 5.88 Å². The second-order valence-corrected chi connectivity index (χ2v) is 3.90. The zero-order chi connectivity index (χ0) is 13.6. The topological polar surface area (TPSA) is 121 Å². The van der Waals surface area contributed by atoms with Crippen LogP contribution in [0.3, 0.4) is 0 Å². The van der Waals surface area contributed by atoms with Crippen LogP contribution in [0.4, 0.5) is 11.5 Å². The van der Waals surface area contributed by atoms with Gasteiger partial charge in [-0.3, -0.25) is 0 Å². The maximum atomic E-state index is 9.20. The molecule has 0 aliphatic rings. The van der Waals surface area contributed by atoms with Crippen LogP contribution in [0.2, 0.25) is 0 Å². The quantitative estimate of drug-likeness (QED) is 0.433. The van der Waals surface area contributed by atoms with Gasteiger partial charge in [-0.15, -0.1) is 0 Å². The van der Waals surface area contributed by atoms with Crippen molar-refractivity contribution >= 4 is 11.5 Å². The smallest absolute Gasteiger partial charge is 0.239 e. The molecule has 0 aliphatic heterocycles. The summed E-state index contributed by atoms with van der Waals surface area (Å²) >= 11 is 0. The van der Waals surface area contributed by atoms with Gasteiger partial charge in [0.05, 0.1) is 32.1 Å². The first-order valence-corrected chi connectivity index (χ1v) is 5.61. The molecule has 7 heteroatoms. The van der Waals surface area contributed by atoms with Crippen molar-refractivity contribution in [1.29, 1.82) is 0 Å². The fourth-order valence-corrected chi connectivity index (χ4v) is 1.31. The number of nitrogens with zero attached hydrogens (tertiary/aromatic N) is 1. The highest BCUT2D eigenvalue weighted by molar-refractivity contribution is 5.54. The van der Waals surface area contributed by atoms with Crippen LogP contribution >= 0.6 is 0 Å². The number of pyridine rings is 1. The highest BCUT2D eigenvalue weighted by atomic mass is 16.5. The minimum Gasteiger partial charge on any atom is -0.476 e. The van der Waals surface area contributed by atoms with E-state index in [-0.39, 0.29) is 5.88 Å². The SMILES string of the molecule is CCOc1nc(NC(CO)(CO)CO)ccc1N. The fraction of sp³-hybridized carbons (Fsp3) is 0.545. The Balaban J connectivity index is 2.93. The van der Waals surface area contributed by atoms with Gasteiger partial charge in [0.1, 0.15) is 11.4 Å². The molecule has 0 bridgehead atoms. The van der Waals surface area contributed by atoms with E-state index in [9.17, 15) is 15.3 Å². The first-order chi connectivity index (χ1) is 8.60. The third-order valence-corrected chi connectivity index (χ3v) is 2.47. The van der Waals surface area contributed by atoms with E-state index < -0.39 is 25.4 Å². The van der Waals surface area contributed by atoms with E-state index in [1.54, 1.807) is 19.1 Å². The zero-order valence-corrected chi connectivity index (χ0v) is 10.3. The largest absolute Gasteiger partial charge is 0.476 e. The van der Waals surface area contributed by atoms with Gasteiger partial charge >= 0.3 is 0 Å². The number of aliphatic hydroxyl groups excluding tert-OH is 3. The second kappa shape index (κ2) is 6.39. The van der Waals surface area contributed by atoms with E-state index >= 15 is 0 Å². The molecule has 0 radical (unpaired) electrons. The van der Waals surface area contributed by atoms with Crippen LogP contribution in [-0.2, 0) is 0 Å². The summed E-state index contributed by atoms with van der Waals surface area (Å²) in [5.74, 6) is 0.620. The minimum atomic E-state index is -1.23. The van der Waals surface area contributed by atoms with E-state index in [2.05, 4.69) is 10.3 Å². The summed E-state index contributed by atoms with van der Waals surface area (Å²) in [4.78, 5) is 4.10. The first kappa shape index (κ1) is 14.5. The van der Waals surface area contributed by atoms with Crippen molar-refractivity contribution < 1.29 is 20.1 Å². The Hall–Kier alpha value is -1.57. The number of aromatic nitrogens is 1. The molecule has 6 N–H and O–H groups in total. The summed E-state index contributed by atoms with van der Waals surface area (Å²) in [6.07, 6.45) is 0. The molecule has 1 heterocycles. The van der Waals surface area contributed by atoms with Crippen LogP contribution in [0, 0.1) is 0 Å². The van der Waals surface area contributed by atoms with Crippen LogP contribution in [-0.4, -0.2) is 52.3 Å². The number of aliphatic hydroxyl groups is 3. The number of rotatable bonds is 7. The van der Waals surface area contributed by atoms with Crippen LogP contribution in [0.25, 0.3) is 0 Å². The average Bonchev–Trinajstić information content (AvgIpc) is 2.40. The number of ether oxygens (including phenoxy) is 1. The highest BCUT2D eigenvalue weighted by Gasteiger charge is 2.28. The summed E-state index contributed by atoms with van der Waals surface area (Å²) in [6.45, 7) is 0.925. The molecule has 18 heavy (non-hydrogen) atoms. The Bertz CT molecular complexity index is 374. The Labute approximate surface area is 105 Å². The number of anilines is 2. The van der Waals surface area contributed by atoms with E-state index in [0.29, 0.717) is 18.1 Å². The van der Waals surface area contributed by atoms with Crippen molar-refractivity contribution in [3.05, 3.63) is 12.1 Å². The molecule has 0 amide bonds. The molecule has 0 atom stereocenters. The summed E-state index contributed by atoms with van der Waals surface area (Å²) in [5, 5.41) is 30.4. The van der Waals surface area contributed by atoms with Crippen molar-refractivity contribution in [3.8, 4) is 5.88 Å². The van der Waals surface area contributed by atoms with Gasteiger partial charge in [0.25, 0.3) is 0 Å². The van der Waals surface area contributed by atoms with Gasteiger partial charge in [0.2, 0.25) is 5.88 Å². The third kappa shape index (κ3) is 3.22. The fourth-order valence-electron chi connectivity index (χ4n) is 1.31. The molecule has 1 aromatic heterocycles. The van der Waals surface area contributed by atoms with E-state index in [0.717, 1.165) is 0 Å². The number of nitrogens with two attached hydrogens (primary N) is 1. The summed E-state index contributed by atoms with van der Waals surface area (Å²) in [5.41, 5.74) is 4.84. The molecule has 0 saturated heterocycles. The zero-order valence-electron chi connectivity index (χ0n) is 10.3. The standard InChI is InChI=1S/C11H19N3O4/c1-2-18-10-8(12)3-4-9(13-10)14-11(5-15,6-16)7-17/h3-4,15-17H,2,5-7,12H2,1H3,(H,13,14). The van der Waals surface area contributed by atoms with E-state index in [1.807, 2.05) is 0 Å². The Morgan fingerprint density at radius 3 is 2.39 bits per heavy atom. The molecule has 0 fully saturated rings. The van der Waals surface area contributed by atoms with Gasteiger partial charge in [-0.2, -0.15) is 4.98 Å². The molecular formula is C11H19N3O4. The average molecular weight is 257 g/mol. The predicted molar refractivity (Wildman–Crippen MR) is 67.4 cm³/mol. The summed E-state index contributed by atoms with van der Waals surface area (Å²) < 4.78 is 5.23. The number of hydrogen-bond donors (Lipinski definition) is 5. The summed E-state index contributed by atoms with van der Waals surface area (Å²) in [7, 11) is 0. The Morgan fingerprint density at radius 2 is 1.89 bits per heavy atom. The second-order valence-electron chi connectivity index (χ2n) is 3.90. The number of nitrogen functional groups attached to an aromatic ring is 1. The molecule has 0 aromatic carbocycles. The van der Waals surface area contributed by atoms with Crippen molar-refractivity contribution in [3.63, 3.8) is 0 Å². The molecule has 0 spiro atoms. The summed E-state index contributed by atoms with van der Waals surface area (Å²) in [6, 6.07) is 3.17. The maximum Gasteiger partial charge on any atom is 0.239 e. The maximum absolute atomic E-state index is 9.20. The molecule has 7 nitrogen and oxygen atoms in total. The molecule has 0 saturated carbocycles. The lowest BCUT2D eigenvalue weighted by atomic mass is 10.0. The van der Waals surface area contributed by atoms with E-state index in [4.69, 9.17) is 10.5 Å². The van der Waals surface area contributed by atoms with Gasteiger partial charge < -0.3 is 31.1 Å². The normalized spacial score (nSPS) is 11.3. The minimum absolute atomic E-state index is 0.269. The molecular weight excluding hydrogens is 238 g/mol. The lowest BCUT2D eigenvalue weighted by Gasteiger charge is -2.29. The van der Waals surface area contributed by atoms with Gasteiger partial charge in [-0.1, -0.05) is 0 Å². The lowest BCUT2D eigenvalue weighted by molar-refractivity contribution is 0.0830. The van der Waals surface area contributed by atoms with Crippen LogP contribution in [0.15, 0.2) is 12.1 Å². The molecule has 1 rings (SSSR count). The van der Waals surface area contributed by atoms with Gasteiger partial charge in [-0.25, -0.2) is 0 Å². The lowest BCUT2D eigenvalue weighted by Crippen LogP contribution is -2.49. The van der Waals surface area contributed by atoms with Gasteiger partial charge in [-0.05, 0) is 19.1 Å². The monoisotopic (exact) mass is 257 g/mol. The van der Waals surface area contributed by atoms with E-state index in [1.165, 1.54) is 0 Å². The molecule has 1 aromatic rings. The Kier molecular flexibility index (Phi) is 5.14. The molecule has 102 valence electrons. The van der Waals surface area contributed by atoms with Crippen molar-refractivity contribution in [2.45, 2.75) is 12.5 Å². The van der Waals surface area contributed by atoms with Crippen molar-refractivity contribution in [2.24, 2.45) is 0 Å². The number of hydrogen-bond acceptors (Lipinski definition) is 7. The number of nitrogens with one attached hydrogen (secondary N) is 1. The third-order valence-electron chi connectivity index (χ3n) is 2.47. The highest BCUT2D eigenvalue weighted by Crippen LogP contribution is 2.22. The molecule has 0 aliphatic carbocycles.